The highest BCUT2D eigenvalue weighted by Crippen LogP contribution is 2.17. The predicted octanol–water partition coefficient (Wildman–Crippen LogP) is 3.31. The van der Waals surface area contributed by atoms with Gasteiger partial charge in [-0.05, 0) is 30.2 Å². The number of halogens is 1. The molecule has 88 valence electrons. The minimum atomic E-state index is 0.489. The number of aromatic nitrogens is 1. The molecule has 0 saturated heterocycles. The van der Waals surface area contributed by atoms with Crippen LogP contribution in [0.4, 0.5) is 5.69 Å². The van der Waals surface area contributed by atoms with Crippen LogP contribution in [0.5, 0.6) is 5.88 Å². The molecule has 1 aromatic carbocycles. The summed E-state index contributed by atoms with van der Waals surface area (Å²) >= 11 is 3.39. The molecule has 1 aromatic heterocycles. The van der Waals surface area contributed by atoms with Gasteiger partial charge in [-0.1, -0.05) is 28.1 Å². The van der Waals surface area contributed by atoms with Gasteiger partial charge in [-0.25, -0.2) is 4.98 Å². The summed E-state index contributed by atoms with van der Waals surface area (Å²) in [6, 6.07) is 9.71. The molecule has 0 fully saturated rings. The monoisotopic (exact) mass is 292 g/mol. The van der Waals surface area contributed by atoms with E-state index in [4.69, 9.17) is 10.5 Å². The van der Waals surface area contributed by atoms with Gasteiger partial charge in [0.05, 0.1) is 0 Å². The first-order valence-electron chi connectivity index (χ1n) is 5.24. The summed E-state index contributed by atoms with van der Waals surface area (Å²) in [4.78, 5) is 4.16. The second kappa shape index (κ2) is 5.19. The minimum Gasteiger partial charge on any atom is -0.473 e. The van der Waals surface area contributed by atoms with Crippen LogP contribution in [0.15, 0.2) is 41.0 Å². The standard InChI is InChI=1S/C13H13BrN2O/c1-9-7-16-13(6-12(9)15)17-8-10-2-4-11(14)5-3-10/h2-7H,8H2,1H3,(H2,15,16). The van der Waals surface area contributed by atoms with Crippen LogP contribution in [0, 0.1) is 6.92 Å². The molecule has 0 radical (unpaired) electrons. The summed E-state index contributed by atoms with van der Waals surface area (Å²) in [5.74, 6) is 0.552. The largest absolute Gasteiger partial charge is 0.473 e. The van der Waals surface area contributed by atoms with Crippen LogP contribution in [0.25, 0.3) is 0 Å². The van der Waals surface area contributed by atoms with Crippen LogP contribution >= 0.6 is 15.9 Å². The van der Waals surface area contributed by atoms with Crippen molar-refractivity contribution in [3.63, 3.8) is 0 Å². The van der Waals surface area contributed by atoms with Gasteiger partial charge in [-0.3, -0.25) is 0 Å². The number of hydrogen-bond acceptors (Lipinski definition) is 3. The molecule has 0 aliphatic heterocycles. The molecule has 0 aliphatic rings. The summed E-state index contributed by atoms with van der Waals surface area (Å²) in [6.45, 7) is 2.41. The molecule has 4 heteroatoms. The van der Waals surface area contributed by atoms with Crippen molar-refractivity contribution < 1.29 is 4.74 Å². The highest BCUT2D eigenvalue weighted by atomic mass is 79.9. The number of benzene rings is 1. The fourth-order valence-corrected chi connectivity index (χ4v) is 1.60. The van der Waals surface area contributed by atoms with E-state index in [9.17, 15) is 0 Å². The Balaban J connectivity index is 2.02. The summed E-state index contributed by atoms with van der Waals surface area (Å²) in [7, 11) is 0. The van der Waals surface area contributed by atoms with Gasteiger partial charge in [0.1, 0.15) is 6.61 Å². The highest BCUT2D eigenvalue weighted by Gasteiger charge is 2.00. The van der Waals surface area contributed by atoms with Gasteiger partial charge in [0.2, 0.25) is 5.88 Å². The lowest BCUT2D eigenvalue weighted by molar-refractivity contribution is 0.294. The second-order valence-corrected chi connectivity index (χ2v) is 4.71. The summed E-state index contributed by atoms with van der Waals surface area (Å²) in [5, 5.41) is 0. The SMILES string of the molecule is Cc1cnc(OCc2ccc(Br)cc2)cc1N. The molecule has 0 unspecified atom stereocenters. The number of nitrogen functional groups attached to an aromatic ring is 1. The maximum absolute atomic E-state index is 5.78. The van der Waals surface area contributed by atoms with Crippen LogP contribution < -0.4 is 10.5 Å². The molecule has 0 saturated carbocycles. The molecular formula is C13H13BrN2O. The van der Waals surface area contributed by atoms with Gasteiger partial charge in [0, 0.05) is 22.4 Å². The number of anilines is 1. The third-order valence-electron chi connectivity index (χ3n) is 2.42. The van der Waals surface area contributed by atoms with E-state index in [1.807, 2.05) is 31.2 Å². The van der Waals surface area contributed by atoms with Gasteiger partial charge < -0.3 is 10.5 Å². The molecule has 2 N–H and O–H groups in total. The molecular weight excluding hydrogens is 280 g/mol. The Morgan fingerprint density at radius 1 is 1.29 bits per heavy atom. The number of nitrogens with two attached hydrogens (primary N) is 1. The van der Waals surface area contributed by atoms with Crippen molar-refractivity contribution in [3.8, 4) is 5.88 Å². The van der Waals surface area contributed by atoms with E-state index in [0.29, 0.717) is 18.2 Å². The summed E-state index contributed by atoms with van der Waals surface area (Å²) in [5.41, 5.74) is 8.53. The first-order valence-corrected chi connectivity index (χ1v) is 6.04. The Hall–Kier alpha value is -1.55. The molecule has 3 nitrogen and oxygen atoms in total. The Morgan fingerprint density at radius 3 is 2.65 bits per heavy atom. The smallest absolute Gasteiger partial charge is 0.215 e. The number of pyridine rings is 1. The average molecular weight is 293 g/mol. The average Bonchev–Trinajstić information content (AvgIpc) is 2.33. The quantitative estimate of drug-likeness (QED) is 0.944. The maximum atomic E-state index is 5.78. The normalized spacial score (nSPS) is 10.2. The first kappa shape index (κ1) is 11.9. The second-order valence-electron chi connectivity index (χ2n) is 3.79. The number of rotatable bonds is 3. The number of nitrogens with zero attached hydrogens (tertiary/aromatic N) is 1. The molecule has 0 aliphatic carbocycles. The minimum absolute atomic E-state index is 0.489. The topological polar surface area (TPSA) is 48.1 Å². The van der Waals surface area contributed by atoms with Crippen molar-refractivity contribution in [1.29, 1.82) is 0 Å². The van der Waals surface area contributed by atoms with E-state index in [2.05, 4.69) is 20.9 Å². The number of hydrogen-bond donors (Lipinski definition) is 1. The molecule has 1 heterocycles. The lowest BCUT2D eigenvalue weighted by atomic mass is 10.2. The molecule has 0 bridgehead atoms. The Morgan fingerprint density at radius 2 is 2.00 bits per heavy atom. The van der Waals surface area contributed by atoms with Crippen molar-refractivity contribution in [3.05, 3.63) is 52.1 Å². The molecule has 0 spiro atoms. The van der Waals surface area contributed by atoms with Crippen LogP contribution in [0.3, 0.4) is 0 Å². The fourth-order valence-electron chi connectivity index (χ4n) is 1.34. The lowest BCUT2D eigenvalue weighted by Gasteiger charge is -2.07. The van der Waals surface area contributed by atoms with Gasteiger partial charge in [0.25, 0.3) is 0 Å². The molecule has 2 rings (SSSR count). The Labute approximate surface area is 109 Å². The van der Waals surface area contributed by atoms with E-state index in [-0.39, 0.29) is 0 Å². The van der Waals surface area contributed by atoms with Gasteiger partial charge in [0.15, 0.2) is 0 Å². The van der Waals surface area contributed by atoms with Gasteiger partial charge >= 0.3 is 0 Å². The number of ether oxygens (including phenoxy) is 1. The fraction of sp³-hybridized carbons (Fsp3) is 0.154. The van der Waals surface area contributed by atoms with E-state index >= 15 is 0 Å². The van der Waals surface area contributed by atoms with Gasteiger partial charge in [-0.15, -0.1) is 0 Å². The van der Waals surface area contributed by atoms with Crippen molar-refractivity contribution >= 4 is 21.6 Å². The summed E-state index contributed by atoms with van der Waals surface area (Å²) < 4.78 is 6.62. The van der Waals surface area contributed by atoms with Crippen molar-refractivity contribution in [2.45, 2.75) is 13.5 Å². The maximum Gasteiger partial charge on any atom is 0.215 e. The molecule has 0 atom stereocenters. The predicted molar refractivity (Wildman–Crippen MR) is 71.9 cm³/mol. The Bertz CT molecular complexity index is 511. The van der Waals surface area contributed by atoms with E-state index in [1.165, 1.54) is 0 Å². The van der Waals surface area contributed by atoms with Crippen molar-refractivity contribution in [1.82, 2.24) is 4.98 Å². The molecule has 17 heavy (non-hydrogen) atoms. The first-order chi connectivity index (χ1) is 8.15. The summed E-state index contributed by atoms with van der Waals surface area (Å²) in [6.07, 6.45) is 1.71. The van der Waals surface area contributed by atoms with Crippen molar-refractivity contribution in [2.75, 3.05) is 5.73 Å². The van der Waals surface area contributed by atoms with E-state index < -0.39 is 0 Å². The highest BCUT2D eigenvalue weighted by molar-refractivity contribution is 9.10. The third kappa shape index (κ3) is 3.20. The zero-order valence-electron chi connectivity index (χ0n) is 9.48. The molecule has 2 aromatic rings. The van der Waals surface area contributed by atoms with E-state index in [0.717, 1.165) is 15.6 Å². The molecule has 0 amide bonds. The zero-order valence-corrected chi connectivity index (χ0v) is 11.1. The van der Waals surface area contributed by atoms with Gasteiger partial charge in [-0.2, -0.15) is 0 Å². The van der Waals surface area contributed by atoms with Crippen LogP contribution in [0.1, 0.15) is 11.1 Å². The van der Waals surface area contributed by atoms with Crippen LogP contribution in [-0.2, 0) is 6.61 Å². The lowest BCUT2D eigenvalue weighted by Crippen LogP contribution is -1.99. The van der Waals surface area contributed by atoms with Crippen LogP contribution in [0.2, 0.25) is 0 Å². The number of aryl methyl sites for hydroxylation is 1. The Kier molecular flexibility index (Phi) is 3.64. The van der Waals surface area contributed by atoms with E-state index in [1.54, 1.807) is 12.3 Å². The van der Waals surface area contributed by atoms with Crippen LogP contribution in [-0.4, -0.2) is 4.98 Å². The zero-order chi connectivity index (χ0) is 12.3. The third-order valence-corrected chi connectivity index (χ3v) is 2.95. The van der Waals surface area contributed by atoms with Crippen molar-refractivity contribution in [2.24, 2.45) is 0 Å².